The van der Waals surface area contributed by atoms with Gasteiger partial charge in [0.2, 0.25) is 5.91 Å². The van der Waals surface area contributed by atoms with Crippen molar-refractivity contribution in [1.82, 2.24) is 9.80 Å². The summed E-state index contributed by atoms with van der Waals surface area (Å²) >= 11 is 0. The highest BCUT2D eigenvalue weighted by Crippen LogP contribution is 2.34. The third-order valence-corrected chi connectivity index (χ3v) is 5.34. The second-order valence-corrected chi connectivity index (χ2v) is 7.75. The van der Waals surface area contributed by atoms with Crippen LogP contribution in [0.25, 0.3) is 0 Å². The van der Waals surface area contributed by atoms with Crippen LogP contribution >= 0.6 is 0 Å². The lowest BCUT2D eigenvalue weighted by atomic mass is 9.77. The van der Waals surface area contributed by atoms with Gasteiger partial charge >= 0.3 is 0 Å². The predicted molar refractivity (Wildman–Crippen MR) is 94.3 cm³/mol. The monoisotopic (exact) mass is 322 g/mol. The Morgan fingerprint density at radius 3 is 2.39 bits per heavy atom. The molecule has 4 nitrogen and oxygen atoms in total. The second kappa shape index (κ2) is 8.84. The van der Waals surface area contributed by atoms with E-state index >= 15 is 0 Å². The summed E-state index contributed by atoms with van der Waals surface area (Å²) in [6, 6.07) is 0. The van der Waals surface area contributed by atoms with E-state index in [1.54, 1.807) is 0 Å². The molecule has 2 aliphatic heterocycles. The third kappa shape index (κ3) is 5.61. The van der Waals surface area contributed by atoms with Crippen molar-refractivity contribution in [3.05, 3.63) is 11.6 Å². The number of rotatable bonds is 5. The lowest BCUT2D eigenvalue weighted by Crippen LogP contribution is -2.49. The number of aliphatic hydroxyl groups is 1. The summed E-state index contributed by atoms with van der Waals surface area (Å²) in [6.07, 6.45) is 10.1. The molecule has 0 aliphatic carbocycles. The van der Waals surface area contributed by atoms with Crippen LogP contribution in [-0.2, 0) is 4.79 Å². The van der Waals surface area contributed by atoms with Crippen molar-refractivity contribution < 1.29 is 9.90 Å². The molecule has 2 heterocycles. The van der Waals surface area contributed by atoms with E-state index in [0.29, 0.717) is 6.54 Å². The van der Waals surface area contributed by atoms with Gasteiger partial charge in [-0.1, -0.05) is 24.5 Å². The highest BCUT2D eigenvalue weighted by molar-refractivity contribution is 5.78. The van der Waals surface area contributed by atoms with Gasteiger partial charge in [-0.3, -0.25) is 9.69 Å². The Balaban J connectivity index is 1.91. The number of carbonyl (C=O) groups is 1. The molecule has 1 unspecified atom stereocenters. The number of hydrogen-bond acceptors (Lipinski definition) is 3. The molecule has 132 valence electrons. The Labute approximate surface area is 141 Å². The lowest BCUT2D eigenvalue weighted by molar-refractivity contribution is -0.133. The number of likely N-dealkylation sites (tertiary alicyclic amines) is 2. The van der Waals surface area contributed by atoms with Crippen LogP contribution in [0.5, 0.6) is 0 Å². The molecule has 4 heteroatoms. The Kier molecular flexibility index (Phi) is 7.09. The fourth-order valence-corrected chi connectivity index (χ4v) is 3.84. The SMILES string of the molecule is CC(C)=CCC1(CO)CCCN(CC(=O)N2CCCCCC2)C1. The standard InChI is InChI=1S/C19H34N2O2/c1-17(2)8-10-19(16-22)9-7-11-20(15-19)14-18(23)21-12-5-3-4-6-13-21/h8,22H,3-7,9-16H2,1-2H3. The molecule has 0 aromatic rings. The molecule has 0 bridgehead atoms. The van der Waals surface area contributed by atoms with Crippen LogP contribution in [-0.4, -0.2) is 60.1 Å². The van der Waals surface area contributed by atoms with Gasteiger partial charge in [-0.15, -0.1) is 0 Å². The number of amides is 1. The fourth-order valence-electron chi connectivity index (χ4n) is 3.84. The molecule has 0 radical (unpaired) electrons. The quantitative estimate of drug-likeness (QED) is 0.792. The van der Waals surface area contributed by atoms with E-state index < -0.39 is 0 Å². The largest absolute Gasteiger partial charge is 0.396 e. The fraction of sp³-hybridized carbons (Fsp3) is 0.842. The van der Waals surface area contributed by atoms with Crippen LogP contribution in [0.3, 0.4) is 0 Å². The van der Waals surface area contributed by atoms with Crippen LogP contribution in [0, 0.1) is 5.41 Å². The maximum absolute atomic E-state index is 12.6. The molecule has 1 atom stereocenters. The average molecular weight is 322 g/mol. The lowest BCUT2D eigenvalue weighted by Gasteiger charge is -2.41. The second-order valence-electron chi connectivity index (χ2n) is 7.75. The summed E-state index contributed by atoms with van der Waals surface area (Å²) in [5, 5.41) is 9.94. The van der Waals surface area contributed by atoms with E-state index in [2.05, 4.69) is 29.7 Å². The number of allylic oxidation sites excluding steroid dienone is 2. The molecule has 2 aliphatic rings. The van der Waals surface area contributed by atoms with Gasteiger partial charge in [-0.05, 0) is 52.5 Å². The summed E-state index contributed by atoms with van der Waals surface area (Å²) < 4.78 is 0. The molecule has 2 fully saturated rings. The zero-order chi connectivity index (χ0) is 16.7. The maximum atomic E-state index is 12.6. The first-order chi connectivity index (χ1) is 11.0. The molecule has 1 N–H and O–H groups in total. The number of hydrogen-bond donors (Lipinski definition) is 1. The molecule has 0 aromatic heterocycles. The normalized spacial score (nSPS) is 26.7. The van der Waals surface area contributed by atoms with Crippen LogP contribution in [0.1, 0.15) is 58.8 Å². The summed E-state index contributed by atoms with van der Waals surface area (Å²) in [4.78, 5) is 16.9. The zero-order valence-electron chi connectivity index (χ0n) is 15.0. The minimum absolute atomic E-state index is 0.0609. The molecule has 1 amide bonds. The van der Waals surface area contributed by atoms with E-state index in [9.17, 15) is 9.90 Å². The molecular weight excluding hydrogens is 288 g/mol. The van der Waals surface area contributed by atoms with Crippen LogP contribution in [0.2, 0.25) is 0 Å². The molecule has 0 spiro atoms. The first-order valence-corrected chi connectivity index (χ1v) is 9.29. The third-order valence-electron chi connectivity index (χ3n) is 5.34. The van der Waals surface area contributed by atoms with E-state index in [0.717, 1.165) is 58.3 Å². The predicted octanol–water partition coefficient (Wildman–Crippen LogP) is 2.82. The molecule has 23 heavy (non-hydrogen) atoms. The van der Waals surface area contributed by atoms with Gasteiger partial charge in [0.15, 0.2) is 0 Å². The van der Waals surface area contributed by atoms with Crippen molar-refractivity contribution in [1.29, 1.82) is 0 Å². The Hall–Kier alpha value is -0.870. The maximum Gasteiger partial charge on any atom is 0.236 e. The number of carbonyl (C=O) groups excluding carboxylic acids is 1. The average Bonchev–Trinajstić information content (AvgIpc) is 2.82. The topological polar surface area (TPSA) is 43.8 Å². The highest BCUT2D eigenvalue weighted by atomic mass is 16.3. The molecule has 2 rings (SSSR count). The van der Waals surface area contributed by atoms with Crippen LogP contribution in [0.4, 0.5) is 0 Å². The Morgan fingerprint density at radius 1 is 1.09 bits per heavy atom. The van der Waals surface area contributed by atoms with Gasteiger partial charge in [0.25, 0.3) is 0 Å². The number of aliphatic hydroxyl groups excluding tert-OH is 1. The molecule has 0 saturated carbocycles. The van der Waals surface area contributed by atoms with E-state index in [1.165, 1.54) is 18.4 Å². The minimum atomic E-state index is -0.0609. The summed E-state index contributed by atoms with van der Waals surface area (Å²) in [7, 11) is 0. The number of piperidine rings is 1. The van der Waals surface area contributed by atoms with Gasteiger partial charge in [0.05, 0.1) is 13.2 Å². The van der Waals surface area contributed by atoms with Crippen LogP contribution in [0.15, 0.2) is 11.6 Å². The van der Waals surface area contributed by atoms with Gasteiger partial charge in [-0.2, -0.15) is 0 Å². The van der Waals surface area contributed by atoms with E-state index in [4.69, 9.17) is 0 Å². The summed E-state index contributed by atoms with van der Waals surface area (Å²) in [6.45, 7) is 8.62. The van der Waals surface area contributed by atoms with Crippen molar-refractivity contribution >= 4 is 5.91 Å². The number of nitrogens with zero attached hydrogens (tertiary/aromatic N) is 2. The van der Waals surface area contributed by atoms with Crippen molar-refractivity contribution in [2.75, 3.05) is 39.3 Å². The minimum Gasteiger partial charge on any atom is -0.396 e. The van der Waals surface area contributed by atoms with Gasteiger partial charge in [0.1, 0.15) is 0 Å². The van der Waals surface area contributed by atoms with E-state index in [1.807, 2.05) is 0 Å². The van der Waals surface area contributed by atoms with Gasteiger partial charge < -0.3 is 10.0 Å². The Bertz CT molecular complexity index is 410. The van der Waals surface area contributed by atoms with Crippen molar-refractivity contribution in [3.8, 4) is 0 Å². The van der Waals surface area contributed by atoms with Crippen LogP contribution < -0.4 is 0 Å². The summed E-state index contributed by atoms with van der Waals surface area (Å²) in [5.41, 5.74) is 1.24. The van der Waals surface area contributed by atoms with Gasteiger partial charge in [0, 0.05) is 25.0 Å². The summed E-state index contributed by atoms with van der Waals surface area (Å²) in [5.74, 6) is 0.280. The Morgan fingerprint density at radius 2 is 1.78 bits per heavy atom. The van der Waals surface area contributed by atoms with E-state index in [-0.39, 0.29) is 17.9 Å². The molecule has 2 saturated heterocycles. The zero-order valence-corrected chi connectivity index (χ0v) is 15.0. The molecular formula is C19H34N2O2. The first-order valence-electron chi connectivity index (χ1n) is 9.29. The van der Waals surface area contributed by atoms with Crippen molar-refractivity contribution in [3.63, 3.8) is 0 Å². The van der Waals surface area contributed by atoms with Crippen molar-refractivity contribution in [2.45, 2.75) is 58.8 Å². The van der Waals surface area contributed by atoms with Gasteiger partial charge in [-0.25, -0.2) is 0 Å². The molecule has 0 aromatic carbocycles. The van der Waals surface area contributed by atoms with Crippen molar-refractivity contribution in [2.24, 2.45) is 5.41 Å². The smallest absolute Gasteiger partial charge is 0.236 e. The highest BCUT2D eigenvalue weighted by Gasteiger charge is 2.35. The first kappa shape index (κ1) is 18.5.